The van der Waals surface area contributed by atoms with E-state index in [-0.39, 0.29) is 0 Å². The zero-order chi connectivity index (χ0) is 13.2. The largest absolute Gasteiger partial charge is 0.493 e. The number of para-hydroxylation sites is 1. The van der Waals surface area contributed by atoms with E-state index in [0.717, 1.165) is 34.5 Å². The van der Waals surface area contributed by atoms with Crippen LogP contribution < -0.4 is 4.74 Å². The van der Waals surface area contributed by atoms with E-state index in [1.807, 2.05) is 24.3 Å². The molecule has 0 unspecified atom stereocenters. The standard InChI is InChI=1S/C17H16O2/c1-3-12-7-4-5-9-14(12)16-11-13-8-6-10-15(18-2)17(13)19-16/h4-11H,3H2,1-2H3. The first-order valence-corrected chi connectivity index (χ1v) is 6.48. The molecular weight excluding hydrogens is 236 g/mol. The predicted molar refractivity (Wildman–Crippen MR) is 77.6 cm³/mol. The summed E-state index contributed by atoms with van der Waals surface area (Å²) in [5.41, 5.74) is 3.26. The third-order valence-corrected chi connectivity index (χ3v) is 3.39. The van der Waals surface area contributed by atoms with Gasteiger partial charge in [0, 0.05) is 10.9 Å². The van der Waals surface area contributed by atoms with Crippen molar-refractivity contribution in [2.75, 3.05) is 7.11 Å². The fraction of sp³-hybridized carbons (Fsp3) is 0.176. The highest BCUT2D eigenvalue weighted by Crippen LogP contribution is 2.34. The van der Waals surface area contributed by atoms with Crippen LogP contribution in [-0.4, -0.2) is 7.11 Å². The Kier molecular flexibility index (Phi) is 3.00. The molecular formula is C17H16O2. The van der Waals surface area contributed by atoms with Gasteiger partial charge >= 0.3 is 0 Å². The second kappa shape index (κ2) is 4.81. The summed E-state index contributed by atoms with van der Waals surface area (Å²) in [7, 11) is 1.66. The molecule has 2 aromatic carbocycles. The summed E-state index contributed by atoms with van der Waals surface area (Å²) in [5, 5.41) is 1.07. The minimum absolute atomic E-state index is 0.776. The smallest absolute Gasteiger partial charge is 0.176 e. The van der Waals surface area contributed by atoms with Crippen LogP contribution in [0.15, 0.2) is 52.9 Å². The molecule has 0 spiro atoms. The van der Waals surface area contributed by atoms with Crippen LogP contribution in [0.1, 0.15) is 12.5 Å². The van der Waals surface area contributed by atoms with Gasteiger partial charge in [-0.1, -0.05) is 43.3 Å². The fourth-order valence-corrected chi connectivity index (χ4v) is 2.40. The lowest BCUT2D eigenvalue weighted by molar-refractivity contribution is 0.411. The lowest BCUT2D eigenvalue weighted by Gasteiger charge is -2.03. The van der Waals surface area contributed by atoms with Gasteiger partial charge in [-0.15, -0.1) is 0 Å². The monoisotopic (exact) mass is 252 g/mol. The Morgan fingerprint density at radius 1 is 1.05 bits per heavy atom. The summed E-state index contributed by atoms with van der Waals surface area (Å²) < 4.78 is 11.3. The molecule has 0 amide bonds. The Morgan fingerprint density at radius 3 is 2.68 bits per heavy atom. The summed E-state index contributed by atoms with van der Waals surface area (Å²) in [5.74, 6) is 1.68. The van der Waals surface area contributed by atoms with Crippen LogP contribution in [0.25, 0.3) is 22.3 Å². The van der Waals surface area contributed by atoms with E-state index < -0.39 is 0 Å². The summed E-state index contributed by atoms with van der Waals surface area (Å²) in [6.45, 7) is 2.15. The molecule has 19 heavy (non-hydrogen) atoms. The maximum atomic E-state index is 5.99. The van der Waals surface area contributed by atoms with Crippen molar-refractivity contribution in [3.8, 4) is 17.1 Å². The first-order chi connectivity index (χ1) is 9.33. The molecule has 0 N–H and O–H groups in total. The van der Waals surface area contributed by atoms with Gasteiger partial charge in [-0.25, -0.2) is 0 Å². The number of hydrogen-bond donors (Lipinski definition) is 0. The van der Waals surface area contributed by atoms with Crippen LogP contribution in [0.5, 0.6) is 5.75 Å². The lowest BCUT2D eigenvalue weighted by atomic mass is 10.0. The number of rotatable bonds is 3. The minimum Gasteiger partial charge on any atom is -0.493 e. The third kappa shape index (κ3) is 1.99. The minimum atomic E-state index is 0.776. The van der Waals surface area contributed by atoms with Crippen molar-refractivity contribution >= 4 is 11.0 Å². The Morgan fingerprint density at radius 2 is 1.89 bits per heavy atom. The molecule has 0 radical (unpaired) electrons. The van der Waals surface area contributed by atoms with E-state index in [4.69, 9.17) is 9.15 Å². The van der Waals surface area contributed by atoms with Crippen molar-refractivity contribution in [1.82, 2.24) is 0 Å². The number of furan rings is 1. The Balaban J connectivity index is 2.21. The van der Waals surface area contributed by atoms with Crippen LogP contribution in [0.3, 0.4) is 0 Å². The molecule has 0 aliphatic rings. The van der Waals surface area contributed by atoms with Gasteiger partial charge in [-0.05, 0) is 24.1 Å². The fourth-order valence-electron chi connectivity index (χ4n) is 2.40. The molecule has 0 saturated heterocycles. The molecule has 1 heterocycles. The molecule has 0 aliphatic heterocycles. The number of fused-ring (bicyclic) bond motifs is 1. The van der Waals surface area contributed by atoms with Gasteiger partial charge in [0.15, 0.2) is 11.3 Å². The number of benzene rings is 2. The highest BCUT2D eigenvalue weighted by Gasteiger charge is 2.11. The number of ether oxygens (including phenoxy) is 1. The van der Waals surface area contributed by atoms with Crippen molar-refractivity contribution < 1.29 is 9.15 Å². The lowest BCUT2D eigenvalue weighted by Crippen LogP contribution is -1.84. The van der Waals surface area contributed by atoms with Gasteiger partial charge in [0.1, 0.15) is 5.76 Å². The van der Waals surface area contributed by atoms with Crippen LogP contribution in [0.2, 0.25) is 0 Å². The highest BCUT2D eigenvalue weighted by atomic mass is 16.5. The first kappa shape index (κ1) is 11.8. The van der Waals surface area contributed by atoms with E-state index in [1.54, 1.807) is 7.11 Å². The number of aryl methyl sites for hydroxylation is 1. The topological polar surface area (TPSA) is 22.4 Å². The molecule has 3 aromatic rings. The molecule has 0 bridgehead atoms. The van der Waals surface area contributed by atoms with E-state index in [0.29, 0.717) is 0 Å². The van der Waals surface area contributed by atoms with E-state index >= 15 is 0 Å². The summed E-state index contributed by atoms with van der Waals surface area (Å²) in [6.07, 6.45) is 0.990. The van der Waals surface area contributed by atoms with Gasteiger partial charge < -0.3 is 9.15 Å². The van der Waals surface area contributed by atoms with Crippen molar-refractivity contribution in [1.29, 1.82) is 0 Å². The molecule has 0 fully saturated rings. The van der Waals surface area contributed by atoms with Gasteiger partial charge in [0.2, 0.25) is 0 Å². The molecule has 0 saturated carbocycles. The summed E-state index contributed by atoms with van der Waals surface area (Å²) in [6, 6.07) is 16.4. The van der Waals surface area contributed by atoms with Gasteiger partial charge in [0.05, 0.1) is 7.11 Å². The second-order valence-electron chi connectivity index (χ2n) is 4.50. The predicted octanol–water partition coefficient (Wildman–Crippen LogP) is 4.67. The zero-order valence-electron chi connectivity index (χ0n) is 11.1. The second-order valence-corrected chi connectivity index (χ2v) is 4.50. The van der Waals surface area contributed by atoms with E-state index in [9.17, 15) is 0 Å². The van der Waals surface area contributed by atoms with Gasteiger partial charge in [-0.3, -0.25) is 0 Å². The third-order valence-electron chi connectivity index (χ3n) is 3.39. The highest BCUT2D eigenvalue weighted by molar-refractivity contribution is 5.87. The molecule has 0 atom stereocenters. The average molecular weight is 252 g/mol. The molecule has 0 aliphatic carbocycles. The van der Waals surface area contributed by atoms with Crippen molar-refractivity contribution in [2.45, 2.75) is 13.3 Å². The number of hydrogen-bond acceptors (Lipinski definition) is 2. The van der Waals surface area contributed by atoms with Crippen LogP contribution in [-0.2, 0) is 6.42 Å². The maximum absolute atomic E-state index is 5.99. The van der Waals surface area contributed by atoms with Crippen molar-refractivity contribution in [3.63, 3.8) is 0 Å². The number of methoxy groups -OCH3 is 1. The maximum Gasteiger partial charge on any atom is 0.176 e. The normalized spacial score (nSPS) is 10.8. The quantitative estimate of drug-likeness (QED) is 0.675. The van der Waals surface area contributed by atoms with Crippen LogP contribution in [0, 0.1) is 0 Å². The Labute approximate surface area is 112 Å². The Bertz CT molecular complexity index is 710. The van der Waals surface area contributed by atoms with Crippen molar-refractivity contribution in [2.24, 2.45) is 0 Å². The molecule has 2 nitrogen and oxygen atoms in total. The van der Waals surface area contributed by atoms with Crippen LogP contribution in [0.4, 0.5) is 0 Å². The SMILES string of the molecule is CCc1ccccc1-c1cc2cccc(OC)c2o1. The summed E-state index contributed by atoms with van der Waals surface area (Å²) in [4.78, 5) is 0. The average Bonchev–Trinajstić information content (AvgIpc) is 2.90. The van der Waals surface area contributed by atoms with Crippen molar-refractivity contribution in [3.05, 3.63) is 54.1 Å². The summed E-state index contributed by atoms with van der Waals surface area (Å²) >= 11 is 0. The van der Waals surface area contributed by atoms with Gasteiger partial charge in [-0.2, -0.15) is 0 Å². The first-order valence-electron chi connectivity index (χ1n) is 6.48. The Hall–Kier alpha value is -2.22. The van der Waals surface area contributed by atoms with Crippen LogP contribution >= 0.6 is 0 Å². The molecule has 1 aromatic heterocycles. The molecule has 3 rings (SSSR count). The molecule has 2 heteroatoms. The zero-order valence-corrected chi connectivity index (χ0v) is 11.1. The van der Waals surface area contributed by atoms with Gasteiger partial charge in [0.25, 0.3) is 0 Å². The van der Waals surface area contributed by atoms with E-state index in [2.05, 4.69) is 31.2 Å². The molecule has 96 valence electrons. The van der Waals surface area contributed by atoms with E-state index in [1.165, 1.54) is 5.56 Å².